The largest absolute Gasteiger partial charge is 3.00 e. The summed E-state index contributed by atoms with van der Waals surface area (Å²) < 4.78 is 29.8. The van der Waals surface area contributed by atoms with Gasteiger partial charge in [0.05, 0.1) is 4.90 Å². The van der Waals surface area contributed by atoms with Crippen molar-refractivity contribution in [3.8, 4) is 5.75 Å². The maximum absolute atomic E-state index is 10.6. The number of hydrogen-bond donors (Lipinski definition) is 3. The van der Waals surface area contributed by atoms with Gasteiger partial charge in [-0.15, -0.1) is 0 Å². The Labute approximate surface area is 132 Å². The number of phenols is 1. The number of aromatic carboxylic acids is 1. The van der Waals surface area contributed by atoms with Crippen LogP contribution in [-0.4, -0.2) is 29.2 Å². The number of halogens is 3. The van der Waals surface area contributed by atoms with Crippen molar-refractivity contribution >= 4 is 16.1 Å². The van der Waals surface area contributed by atoms with Crippen LogP contribution in [0, 0.1) is 0 Å². The summed E-state index contributed by atoms with van der Waals surface area (Å²) >= 11 is 0. The predicted molar refractivity (Wildman–Crippen MR) is 44.9 cm³/mol. The molecule has 0 aliphatic rings. The molecule has 105 valence electrons. The molecule has 0 atom stereocenters. The van der Waals surface area contributed by atoms with Crippen molar-refractivity contribution in [1.29, 1.82) is 0 Å². The first-order valence-electron chi connectivity index (χ1n) is 3.36. The van der Waals surface area contributed by atoms with Crippen molar-refractivity contribution in [2.45, 2.75) is 4.90 Å². The Kier molecular flexibility index (Phi) is 14.2. The molecular formula is C7H6Cl3FeO6S. The van der Waals surface area contributed by atoms with E-state index in [0.29, 0.717) is 6.07 Å². The van der Waals surface area contributed by atoms with Gasteiger partial charge in [0.25, 0.3) is 10.1 Å². The van der Waals surface area contributed by atoms with E-state index in [1.165, 1.54) is 0 Å². The zero-order chi connectivity index (χ0) is 10.9. The number of carboxylic acid groups (broad SMARTS) is 1. The second-order valence-corrected chi connectivity index (χ2v) is 3.88. The summed E-state index contributed by atoms with van der Waals surface area (Å²) in [5, 5.41) is 17.5. The Morgan fingerprint density at radius 2 is 1.56 bits per heavy atom. The van der Waals surface area contributed by atoms with Gasteiger partial charge in [0.15, 0.2) is 0 Å². The zero-order valence-electron chi connectivity index (χ0n) is 8.19. The van der Waals surface area contributed by atoms with Crippen molar-refractivity contribution < 1.29 is 82.3 Å². The van der Waals surface area contributed by atoms with Gasteiger partial charge in [0.2, 0.25) is 0 Å². The Morgan fingerprint density at radius 1 is 1.11 bits per heavy atom. The standard InChI is InChI=1S/C7H6O6S.3ClH.Fe/c8-6-2-1-4(14(11,12)13)3-5(6)7(9)10;;;;/h1-3,8H,(H,9,10)(H,11,12,13);3*1H;/q;;;;+3/p-3. The van der Waals surface area contributed by atoms with E-state index >= 15 is 0 Å². The van der Waals surface area contributed by atoms with Crippen LogP contribution in [0.5, 0.6) is 5.75 Å². The molecule has 0 fully saturated rings. The average molecular weight is 380 g/mol. The summed E-state index contributed by atoms with van der Waals surface area (Å²) in [6.45, 7) is 0. The number of carbonyl (C=O) groups is 1. The summed E-state index contributed by atoms with van der Waals surface area (Å²) in [5.74, 6) is -2.04. The summed E-state index contributed by atoms with van der Waals surface area (Å²) in [6, 6.07) is 2.46. The van der Waals surface area contributed by atoms with E-state index in [-0.39, 0.29) is 54.3 Å². The molecule has 18 heavy (non-hydrogen) atoms. The van der Waals surface area contributed by atoms with Gasteiger partial charge in [0, 0.05) is 0 Å². The molecule has 0 unspecified atom stereocenters. The topological polar surface area (TPSA) is 112 Å². The molecule has 1 rings (SSSR count). The molecule has 0 aliphatic carbocycles. The Balaban J connectivity index is -0.000000245. The third-order valence-electron chi connectivity index (χ3n) is 1.50. The minimum absolute atomic E-state index is 0. The molecule has 1 radical (unpaired) electrons. The van der Waals surface area contributed by atoms with Crippen molar-refractivity contribution in [2.24, 2.45) is 0 Å². The van der Waals surface area contributed by atoms with Crippen LogP contribution in [-0.2, 0) is 27.2 Å². The first-order chi connectivity index (χ1) is 6.32. The summed E-state index contributed by atoms with van der Waals surface area (Å²) in [4.78, 5) is 9.89. The van der Waals surface area contributed by atoms with Crippen LogP contribution in [0.1, 0.15) is 10.4 Å². The number of aromatic hydroxyl groups is 1. The smallest absolute Gasteiger partial charge is 1.00 e. The van der Waals surface area contributed by atoms with E-state index in [0.717, 1.165) is 12.1 Å². The molecule has 0 heterocycles. The monoisotopic (exact) mass is 379 g/mol. The Bertz CT molecular complexity index is 492. The van der Waals surface area contributed by atoms with Crippen LogP contribution in [0.2, 0.25) is 0 Å². The summed E-state index contributed by atoms with van der Waals surface area (Å²) in [7, 11) is -4.45. The molecule has 0 amide bonds. The van der Waals surface area contributed by atoms with E-state index in [4.69, 9.17) is 14.8 Å². The maximum atomic E-state index is 10.6. The van der Waals surface area contributed by atoms with Gasteiger partial charge in [-0.05, 0) is 18.2 Å². The van der Waals surface area contributed by atoms with Crippen LogP contribution < -0.4 is 37.2 Å². The maximum Gasteiger partial charge on any atom is 3.00 e. The molecule has 0 spiro atoms. The summed E-state index contributed by atoms with van der Waals surface area (Å²) in [6.07, 6.45) is 0. The van der Waals surface area contributed by atoms with Gasteiger partial charge in [-0.25, -0.2) is 4.79 Å². The molecule has 0 aliphatic heterocycles. The van der Waals surface area contributed by atoms with E-state index < -0.39 is 32.3 Å². The second kappa shape index (κ2) is 9.68. The van der Waals surface area contributed by atoms with Crippen molar-refractivity contribution in [3.63, 3.8) is 0 Å². The molecule has 0 saturated carbocycles. The van der Waals surface area contributed by atoms with Crippen LogP contribution >= 0.6 is 0 Å². The molecule has 0 bridgehead atoms. The molecule has 0 saturated heterocycles. The molecule has 11 heteroatoms. The molecule has 1 aromatic carbocycles. The number of carboxylic acids is 1. The third kappa shape index (κ3) is 6.65. The molecule has 6 nitrogen and oxygen atoms in total. The fraction of sp³-hybridized carbons (Fsp3) is 0. The Morgan fingerprint density at radius 3 is 1.89 bits per heavy atom. The number of hydrogen-bond acceptors (Lipinski definition) is 4. The van der Waals surface area contributed by atoms with E-state index in [1.54, 1.807) is 0 Å². The summed E-state index contributed by atoms with van der Waals surface area (Å²) in [5.41, 5.74) is -0.583. The zero-order valence-corrected chi connectivity index (χ0v) is 12.4. The van der Waals surface area contributed by atoms with Gasteiger partial charge in [0.1, 0.15) is 11.3 Å². The van der Waals surface area contributed by atoms with Crippen LogP contribution in [0.4, 0.5) is 0 Å². The first kappa shape index (κ1) is 26.4. The molecule has 1 aromatic rings. The number of rotatable bonds is 2. The van der Waals surface area contributed by atoms with E-state index in [2.05, 4.69) is 0 Å². The quantitative estimate of drug-likeness (QED) is 0.347. The van der Waals surface area contributed by atoms with Crippen molar-refractivity contribution in [2.75, 3.05) is 0 Å². The molecule has 3 N–H and O–H groups in total. The minimum Gasteiger partial charge on any atom is -1.00 e. The fourth-order valence-corrected chi connectivity index (χ4v) is 1.35. The predicted octanol–water partition coefficient (Wildman–Crippen LogP) is -8.65. The average Bonchev–Trinajstić information content (AvgIpc) is 2.02. The van der Waals surface area contributed by atoms with Gasteiger partial charge in [-0.2, -0.15) is 8.42 Å². The van der Waals surface area contributed by atoms with Crippen LogP contribution in [0.25, 0.3) is 0 Å². The van der Waals surface area contributed by atoms with E-state index in [1.807, 2.05) is 0 Å². The first-order valence-corrected chi connectivity index (χ1v) is 4.80. The van der Waals surface area contributed by atoms with Gasteiger partial charge in [-0.3, -0.25) is 4.55 Å². The SMILES string of the molecule is O=C(O)c1cc(S(=O)(=O)O)ccc1O.[Cl-].[Cl-].[Cl-].[Fe+3]. The third-order valence-corrected chi connectivity index (χ3v) is 2.35. The van der Waals surface area contributed by atoms with Crippen molar-refractivity contribution in [3.05, 3.63) is 23.8 Å². The minimum atomic E-state index is -4.45. The van der Waals surface area contributed by atoms with Crippen LogP contribution in [0.3, 0.4) is 0 Å². The van der Waals surface area contributed by atoms with Crippen LogP contribution in [0.15, 0.2) is 23.1 Å². The second-order valence-electron chi connectivity index (χ2n) is 2.46. The number of benzene rings is 1. The van der Waals surface area contributed by atoms with Crippen molar-refractivity contribution in [1.82, 2.24) is 0 Å². The molecule has 0 aromatic heterocycles. The molecular weight excluding hydrogens is 374 g/mol. The normalized spacial score (nSPS) is 8.72. The van der Waals surface area contributed by atoms with E-state index in [9.17, 15) is 13.2 Å². The Hall–Kier alpha value is -0.211. The van der Waals surface area contributed by atoms with Gasteiger partial charge >= 0.3 is 23.0 Å². The fourth-order valence-electron chi connectivity index (χ4n) is 0.847. The van der Waals surface area contributed by atoms with Gasteiger partial charge in [-0.1, -0.05) is 0 Å². The van der Waals surface area contributed by atoms with Gasteiger partial charge < -0.3 is 47.4 Å².